The predicted molar refractivity (Wildman–Crippen MR) is 70.7 cm³/mol. The molecule has 0 atom stereocenters. The van der Waals surface area contributed by atoms with Crippen LogP contribution < -0.4 is 5.32 Å². The fraction of sp³-hybridized carbons (Fsp3) is 0.867. The minimum atomic E-state index is -0.736. The fourth-order valence-electron chi connectivity index (χ4n) is 2.99. The van der Waals surface area contributed by atoms with Crippen LogP contribution in [0.1, 0.15) is 64.7 Å². The van der Waals surface area contributed by atoms with E-state index >= 15 is 0 Å². The van der Waals surface area contributed by atoms with Crippen LogP contribution in [0, 0.1) is 22.2 Å². The molecule has 0 spiro atoms. The molecule has 3 heteroatoms. The van der Waals surface area contributed by atoms with Gasteiger partial charge in [-0.2, -0.15) is 5.26 Å². The Morgan fingerprint density at radius 3 is 2.22 bits per heavy atom. The highest BCUT2D eigenvalue weighted by Gasteiger charge is 2.43. The molecular weight excluding hydrogens is 224 g/mol. The largest absolute Gasteiger partial charge is 0.354 e. The summed E-state index contributed by atoms with van der Waals surface area (Å²) < 4.78 is 0. The molecule has 2 aliphatic carbocycles. The van der Waals surface area contributed by atoms with E-state index in [0.717, 1.165) is 51.5 Å². The molecule has 1 amide bonds. The average molecular weight is 248 g/mol. The van der Waals surface area contributed by atoms with Gasteiger partial charge in [0.25, 0.3) is 0 Å². The lowest BCUT2D eigenvalue weighted by Gasteiger charge is -2.25. The van der Waals surface area contributed by atoms with Crippen LogP contribution in [0.15, 0.2) is 0 Å². The zero-order valence-electron chi connectivity index (χ0n) is 11.4. The number of carbonyl (C=O) groups is 1. The zero-order chi connectivity index (χ0) is 13.1. The molecule has 2 rings (SSSR count). The van der Waals surface area contributed by atoms with Gasteiger partial charge in [-0.1, -0.05) is 32.6 Å². The number of hydrogen-bond acceptors (Lipinski definition) is 2. The first-order valence-corrected chi connectivity index (χ1v) is 7.36. The van der Waals surface area contributed by atoms with E-state index in [0.29, 0.717) is 5.41 Å². The van der Waals surface area contributed by atoms with Crippen LogP contribution in [0.25, 0.3) is 0 Å². The quantitative estimate of drug-likeness (QED) is 0.777. The van der Waals surface area contributed by atoms with E-state index in [4.69, 9.17) is 0 Å². The van der Waals surface area contributed by atoms with Crippen molar-refractivity contribution in [1.82, 2.24) is 5.32 Å². The maximum Gasteiger partial charge on any atom is 0.240 e. The first-order valence-electron chi connectivity index (χ1n) is 7.36. The van der Waals surface area contributed by atoms with Crippen molar-refractivity contribution in [2.75, 3.05) is 6.54 Å². The minimum absolute atomic E-state index is 0.00775. The van der Waals surface area contributed by atoms with Crippen molar-refractivity contribution in [2.45, 2.75) is 64.7 Å². The molecule has 0 saturated heterocycles. The number of nitriles is 1. The van der Waals surface area contributed by atoms with Gasteiger partial charge in [0.1, 0.15) is 5.41 Å². The van der Waals surface area contributed by atoms with E-state index in [1.807, 2.05) is 0 Å². The fourth-order valence-corrected chi connectivity index (χ4v) is 2.99. The lowest BCUT2D eigenvalue weighted by Crippen LogP contribution is -2.42. The first kappa shape index (κ1) is 13.4. The van der Waals surface area contributed by atoms with Crippen LogP contribution >= 0.6 is 0 Å². The third-order valence-electron chi connectivity index (χ3n) is 4.94. The van der Waals surface area contributed by atoms with Crippen molar-refractivity contribution in [3.05, 3.63) is 0 Å². The summed E-state index contributed by atoms with van der Waals surface area (Å²) in [6, 6.07) is 2.32. The van der Waals surface area contributed by atoms with E-state index in [9.17, 15) is 10.1 Å². The van der Waals surface area contributed by atoms with Crippen LogP contribution in [0.4, 0.5) is 0 Å². The van der Waals surface area contributed by atoms with Crippen molar-refractivity contribution in [1.29, 1.82) is 5.26 Å². The summed E-state index contributed by atoms with van der Waals surface area (Å²) in [5.74, 6) is -0.00775. The van der Waals surface area contributed by atoms with Gasteiger partial charge >= 0.3 is 0 Å². The molecule has 0 aromatic carbocycles. The molecular formula is C15H24N2O. The standard InChI is InChI=1S/C15H24N2O/c1-2-14(9-10-14)12-17-13(18)15(11-16)7-5-3-4-6-8-15/h2-10,12H2,1H3,(H,17,18). The average Bonchev–Trinajstić information content (AvgIpc) is 3.20. The Labute approximate surface area is 110 Å². The number of hydrogen-bond donors (Lipinski definition) is 1. The van der Waals surface area contributed by atoms with E-state index in [1.54, 1.807) is 0 Å². The van der Waals surface area contributed by atoms with E-state index in [2.05, 4.69) is 18.3 Å². The molecule has 0 unspecified atom stereocenters. The smallest absolute Gasteiger partial charge is 0.240 e. The highest BCUT2D eigenvalue weighted by Crippen LogP contribution is 2.48. The number of nitrogens with one attached hydrogen (secondary N) is 1. The topological polar surface area (TPSA) is 52.9 Å². The van der Waals surface area contributed by atoms with Gasteiger partial charge < -0.3 is 5.32 Å². The van der Waals surface area contributed by atoms with Gasteiger partial charge in [-0.3, -0.25) is 4.79 Å². The van der Waals surface area contributed by atoms with Crippen molar-refractivity contribution in [3.63, 3.8) is 0 Å². The van der Waals surface area contributed by atoms with Gasteiger partial charge in [0.2, 0.25) is 5.91 Å². The SMILES string of the molecule is CCC1(CNC(=O)C2(C#N)CCCCCC2)CC1. The second kappa shape index (κ2) is 5.30. The third kappa shape index (κ3) is 2.68. The number of carbonyl (C=O) groups excluding carboxylic acids is 1. The van der Waals surface area contributed by atoms with Crippen LogP contribution in [0.3, 0.4) is 0 Å². The number of rotatable bonds is 4. The Morgan fingerprint density at radius 1 is 1.17 bits per heavy atom. The maximum atomic E-state index is 12.4. The summed E-state index contributed by atoms with van der Waals surface area (Å²) in [6.07, 6.45) is 9.42. The summed E-state index contributed by atoms with van der Waals surface area (Å²) in [7, 11) is 0. The van der Waals surface area contributed by atoms with Crippen molar-refractivity contribution in [3.8, 4) is 6.07 Å². The molecule has 0 aromatic heterocycles. The van der Waals surface area contributed by atoms with Crippen molar-refractivity contribution in [2.24, 2.45) is 10.8 Å². The molecule has 18 heavy (non-hydrogen) atoms. The van der Waals surface area contributed by atoms with Gasteiger partial charge in [0, 0.05) is 6.54 Å². The third-order valence-corrected chi connectivity index (χ3v) is 4.94. The molecule has 2 aliphatic rings. The molecule has 2 saturated carbocycles. The normalized spacial score (nSPS) is 24.7. The van der Waals surface area contributed by atoms with E-state index in [1.165, 1.54) is 12.8 Å². The second-order valence-corrected chi connectivity index (χ2v) is 6.14. The van der Waals surface area contributed by atoms with Crippen molar-refractivity contribution >= 4 is 5.91 Å². The van der Waals surface area contributed by atoms with Crippen LogP contribution in [-0.2, 0) is 4.79 Å². The maximum absolute atomic E-state index is 12.4. The van der Waals surface area contributed by atoms with E-state index in [-0.39, 0.29) is 5.91 Å². The Balaban J connectivity index is 1.94. The van der Waals surface area contributed by atoms with Gasteiger partial charge in [0.05, 0.1) is 6.07 Å². The highest BCUT2D eigenvalue weighted by atomic mass is 16.2. The van der Waals surface area contributed by atoms with Crippen molar-refractivity contribution < 1.29 is 4.79 Å². The molecule has 0 radical (unpaired) electrons. The molecule has 2 fully saturated rings. The molecule has 0 aromatic rings. The van der Waals surface area contributed by atoms with Gasteiger partial charge in [-0.15, -0.1) is 0 Å². The number of nitrogens with zero attached hydrogens (tertiary/aromatic N) is 1. The summed E-state index contributed by atoms with van der Waals surface area (Å²) in [5.41, 5.74) is -0.378. The monoisotopic (exact) mass is 248 g/mol. The highest BCUT2D eigenvalue weighted by molar-refractivity contribution is 5.85. The van der Waals surface area contributed by atoms with Gasteiger partial charge in [0.15, 0.2) is 0 Å². The first-order chi connectivity index (χ1) is 8.66. The molecule has 100 valence electrons. The van der Waals surface area contributed by atoms with Crippen LogP contribution in [0.2, 0.25) is 0 Å². The summed E-state index contributed by atoms with van der Waals surface area (Å²) in [5, 5.41) is 12.5. The van der Waals surface area contributed by atoms with Crippen LogP contribution in [-0.4, -0.2) is 12.5 Å². The van der Waals surface area contributed by atoms with Crippen LogP contribution in [0.5, 0.6) is 0 Å². The lowest BCUT2D eigenvalue weighted by molar-refractivity contribution is -0.129. The summed E-state index contributed by atoms with van der Waals surface area (Å²) >= 11 is 0. The van der Waals surface area contributed by atoms with Gasteiger partial charge in [-0.05, 0) is 37.5 Å². The summed E-state index contributed by atoms with van der Waals surface area (Å²) in [4.78, 5) is 12.4. The van der Waals surface area contributed by atoms with Gasteiger partial charge in [-0.25, -0.2) is 0 Å². The molecule has 0 heterocycles. The molecule has 3 nitrogen and oxygen atoms in total. The Kier molecular flexibility index (Phi) is 3.94. The number of amides is 1. The zero-order valence-corrected chi connectivity index (χ0v) is 11.4. The molecule has 0 aliphatic heterocycles. The summed E-state index contributed by atoms with van der Waals surface area (Å²) in [6.45, 7) is 2.95. The molecule has 0 bridgehead atoms. The minimum Gasteiger partial charge on any atom is -0.354 e. The predicted octanol–water partition coefficient (Wildman–Crippen LogP) is 3.16. The second-order valence-electron chi connectivity index (χ2n) is 6.14. The van der Waals surface area contributed by atoms with E-state index < -0.39 is 5.41 Å². The lowest BCUT2D eigenvalue weighted by atomic mass is 9.81. The molecule has 1 N–H and O–H groups in total. The Hall–Kier alpha value is -1.04. The Morgan fingerprint density at radius 2 is 1.78 bits per heavy atom. The Bertz CT molecular complexity index is 344.